The van der Waals surface area contributed by atoms with Crippen molar-refractivity contribution in [1.29, 1.82) is 0 Å². The van der Waals surface area contributed by atoms with Crippen LogP contribution in [0.3, 0.4) is 0 Å². The predicted octanol–water partition coefficient (Wildman–Crippen LogP) is 0.361. The molecular weight excluding hydrogens is 204 g/mol. The highest BCUT2D eigenvalue weighted by Crippen LogP contribution is 2.06. The van der Waals surface area contributed by atoms with E-state index in [4.69, 9.17) is 10.6 Å². The van der Waals surface area contributed by atoms with Gasteiger partial charge in [0.15, 0.2) is 10.8 Å². The van der Waals surface area contributed by atoms with Crippen molar-refractivity contribution < 1.29 is 9.63 Å². The van der Waals surface area contributed by atoms with Gasteiger partial charge in [-0.05, 0) is 6.42 Å². The summed E-state index contributed by atoms with van der Waals surface area (Å²) in [5.74, 6) is 0.151. The molecule has 0 unspecified atom stereocenters. The molecule has 1 radical (unpaired) electrons. The average Bonchev–Trinajstić information content (AvgIpc) is 2.60. The van der Waals surface area contributed by atoms with E-state index in [9.17, 15) is 4.79 Å². The Bertz CT molecular complexity index is 336. The Kier molecular flexibility index (Phi) is 3.99. The van der Waals surface area contributed by atoms with Gasteiger partial charge in [0.25, 0.3) is 6.29 Å². The lowest BCUT2D eigenvalue weighted by Gasteiger charge is -1.94. The van der Waals surface area contributed by atoms with Crippen LogP contribution in [0.2, 0.25) is 0 Å². The van der Waals surface area contributed by atoms with Crippen molar-refractivity contribution in [2.24, 2.45) is 5.16 Å². The average molecular weight is 213 g/mol. The molecule has 2 N–H and O–H groups in total. The number of rotatable bonds is 5. The minimum atomic E-state index is -0.0635. The SMILES string of the molecule is CCCO/N=C(\[C]=O)c1nsc(N)n1. The molecule has 0 aromatic carbocycles. The van der Waals surface area contributed by atoms with Gasteiger partial charge in [0.05, 0.1) is 0 Å². The van der Waals surface area contributed by atoms with Gasteiger partial charge in [0, 0.05) is 11.5 Å². The van der Waals surface area contributed by atoms with Crippen LogP contribution in [-0.2, 0) is 9.63 Å². The third-order valence-corrected chi connectivity index (χ3v) is 1.74. The van der Waals surface area contributed by atoms with Crippen molar-refractivity contribution in [1.82, 2.24) is 9.36 Å². The molecule has 14 heavy (non-hydrogen) atoms. The molecule has 0 aliphatic carbocycles. The number of hydrogen-bond acceptors (Lipinski definition) is 7. The number of carbonyl (C=O) groups excluding carboxylic acids is 1. The van der Waals surface area contributed by atoms with Gasteiger partial charge in [0.2, 0.25) is 5.82 Å². The normalized spacial score (nSPS) is 11.4. The molecule has 1 heterocycles. The van der Waals surface area contributed by atoms with Gasteiger partial charge in [-0.3, -0.25) is 4.79 Å². The number of aromatic nitrogens is 2. The Hall–Kier alpha value is -1.50. The van der Waals surface area contributed by atoms with Crippen molar-refractivity contribution in [2.45, 2.75) is 13.3 Å². The first-order valence-electron chi connectivity index (χ1n) is 3.95. The maximum atomic E-state index is 10.5. The van der Waals surface area contributed by atoms with Gasteiger partial charge in [-0.1, -0.05) is 12.1 Å². The molecule has 0 atom stereocenters. The molecule has 1 aromatic heterocycles. The van der Waals surface area contributed by atoms with E-state index in [0.717, 1.165) is 18.0 Å². The molecule has 0 spiro atoms. The van der Waals surface area contributed by atoms with Crippen LogP contribution in [0.25, 0.3) is 0 Å². The third kappa shape index (κ3) is 2.77. The van der Waals surface area contributed by atoms with Crippen LogP contribution < -0.4 is 5.73 Å². The maximum Gasteiger partial charge on any atom is 0.261 e. The van der Waals surface area contributed by atoms with Crippen LogP contribution in [0.1, 0.15) is 19.2 Å². The predicted molar refractivity (Wildman–Crippen MR) is 52.8 cm³/mol. The van der Waals surface area contributed by atoms with Gasteiger partial charge in [-0.2, -0.15) is 9.36 Å². The van der Waals surface area contributed by atoms with E-state index >= 15 is 0 Å². The lowest BCUT2D eigenvalue weighted by molar-refractivity contribution is 0.145. The molecule has 1 rings (SSSR count). The smallest absolute Gasteiger partial charge is 0.261 e. The Morgan fingerprint density at radius 1 is 1.79 bits per heavy atom. The van der Waals surface area contributed by atoms with E-state index in [1.54, 1.807) is 6.29 Å². The summed E-state index contributed by atoms with van der Waals surface area (Å²) >= 11 is 0.989. The van der Waals surface area contributed by atoms with Crippen LogP contribution >= 0.6 is 11.5 Å². The van der Waals surface area contributed by atoms with Crippen molar-refractivity contribution in [3.8, 4) is 0 Å². The molecule has 0 amide bonds. The highest BCUT2D eigenvalue weighted by atomic mass is 32.1. The zero-order chi connectivity index (χ0) is 10.4. The first-order chi connectivity index (χ1) is 6.77. The Labute approximate surface area is 84.9 Å². The van der Waals surface area contributed by atoms with E-state index in [1.807, 2.05) is 6.92 Å². The molecule has 1 aromatic rings. The summed E-state index contributed by atoms with van der Waals surface area (Å²) in [6.07, 6.45) is 2.40. The summed E-state index contributed by atoms with van der Waals surface area (Å²) in [6.45, 7) is 2.36. The van der Waals surface area contributed by atoms with Gasteiger partial charge < -0.3 is 10.6 Å². The molecule has 0 aliphatic heterocycles. The van der Waals surface area contributed by atoms with E-state index in [1.165, 1.54) is 0 Å². The lowest BCUT2D eigenvalue weighted by atomic mass is 10.4. The minimum Gasteiger partial charge on any atom is -0.395 e. The van der Waals surface area contributed by atoms with Gasteiger partial charge in [-0.25, -0.2) is 0 Å². The van der Waals surface area contributed by atoms with Crippen molar-refractivity contribution in [2.75, 3.05) is 12.3 Å². The molecule has 0 saturated carbocycles. The van der Waals surface area contributed by atoms with Crippen molar-refractivity contribution in [3.05, 3.63) is 5.82 Å². The topological polar surface area (TPSA) is 90.5 Å². The third-order valence-electron chi connectivity index (χ3n) is 1.20. The first kappa shape index (κ1) is 10.6. The van der Waals surface area contributed by atoms with E-state index in [0.29, 0.717) is 6.61 Å². The van der Waals surface area contributed by atoms with Gasteiger partial charge in [0.1, 0.15) is 6.61 Å². The summed E-state index contributed by atoms with van der Waals surface area (Å²) in [4.78, 5) is 19.0. The molecule has 75 valence electrons. The quantitative estimate of drug-likeness (QED) is 0.433. The molecule has 0 aliphatic rings. The highest BCUT2D eigenvalue weighted by molar-refractivity contribution is 7.09. The second-order valence-electron chi connectivity index (χ2n) is 2.33. The number of hydrogen-bond donors (Lipinski definition) is 1. The molecule has 6 nitrogen and oxygen atoms in total. The van der Waals surface area contributed by atoms with Crippen LogP contribution in [0.4, 0.5) is 5.13 Å². The number of oxime groups is 1. The second kappa shape index (κ2) is 5.28. The molecule has 0 saturated heterocycles. The zero-order valence-corrected chi connectivity index (χ0v) is 8.37. The van der Waals surface area contributed by atoms with Crippen molar-refractivity contribution in [3.63, 3.8) is 0 Å². The molecule has 0 bridgehead atoms. The van der Waals surface area contributed by atoms with E-state index in [2.05, 4.69) is 14.5 Å². The summed E-state index contributed by atoms with van der Waals surface area (Å²) in [5, 5.41) is 3.81. The summed E-state index contributed by atoms with van der Waals surface area (Å²) < 4.78 is 3.80. The summed E-state index contributed by atoms with van der Waals surface area (Å²) in [5.41, 5.74) is 5.28. The fourth-order valence-electron chi connectivity index (χ4n) is 0.638. The summed E-state index contributed by atoms with van der Waals surface area (Å²) in [7, 11) is 0. The molecular formula is C7H9N4O2S. The fourth-order valence-corrected chi connectivity index (χ4v) is 1.07. The standard InChI is InChI=1S/C7H9N4O2S/c1-2-3-13-10-5(4-12)6-9-7(8)14-11-6/h2-3H2,1H3,(H2,8,9,11)/b10-5+. The Balaban J connectivity index is 2.71. The minimum absolute atomic E-state index is 0.0635. The van der Waals surface area contributed by atoms with Gasteiger partial charge in [-0.15, -0.1) is 0 Å². The van der Waals surface area contributed by atoms with E-state index < -0.39 is 0 Å². The van der Waals surface area contributed by atoms with Crippen LogP contribution in [0.5, 0.6) is 0 Å². The van der Waals surface area contributed by atoms with Crippen LogP contribution in [0, 0.1) is 0 Å². The lowest BCUT2D eigenvalue weighted by Crippen LogP contribution is -2.06. The fraction of sp³-hybridized carbons (Fsp3) is 0.429. The van der Waals surface area contributed by atoms with E-state index in [-0.39, 0.29) is 16.7 Å². The maximum absolute atomic E-state index is 10.5. The molecule has 7 heteroatoms. The molecule has 0 fully saturated rings. The number of anilines is 1. The Morgan fingerprint density at radius 3 is 3.07 bits per heavy atom. The monoisotopic (exact) mass is 213 g/mol. The largest absolute Gasteiger partial charge is 0.395 e. The zero-order valence-electron chi connectivity index (χ0n) is 7.56. The number of nitrogen functional groups attached to an aromatic ring is 1. The van der Waals surface area contributed by atoms with Gasteiger partial charge >= 0.3 is 0 Å². The Morgan fingerprint density at radius 2 is 2.57 bits per heavy atom. The van der Waals surface area contributed by atoms with Crippen molar-refractivity contribution >= 4 is 28.7 Å². The van der Waals surface area contributed by atoms with Crippen LogP contribution in [-0.4, -0.2) is 28.0 Å². The summed E-state index contributed by atoms with van der Waals surface area (Å²) in [6, 6.07) is 0. The number of nitrogens with zero attached hydrogens (tertiary/aromatic N) is 3. The number of nitrogens with two attached hydrogens (primary N) is 1. The highest BCUT2D eigenvalue weighted by Gasteiger charge is 2.10. The first-order valence-corrected chi connectivity index (χ1v) is 4.73. The second-order valence-corrected chi connectivity index (χ2v) is 3.11. The van der Waals surface area contributed by atoms with Crippen LogP contribution in [0.15, 0.2) is 5.16 Å².